The van der Waals surface area contributed by atoms with Gasteiger partial charge in [-0.3, -0.25) is 9.40 Å². The predicted octanol–water partition coefficient (Wildman–Crippen LogP) is 2.50. The summed E-state index contributed by atoms with van der Waals surface area (Å²) in [5, 5.41) is 4.18. The van der Waals surface area contributed by atoms with Crippen LogP contribution < -0.4 is 10.5 Å². The third-order valence-corrected chi connectivity index (χ3v) is 4.49. The van der Waals surface area contributed by atoms with Crippen molar-refractivity contribution in [3.05, 3.63) is 35.6 Å². The van der Waals surface area contributed by atoms with Gasteiger partial charge in [-0.25, -0.2) is 8.42 Å². The lowest BCUT2D eigenvalue weighted by molar-refractivity contribution is 0.532. The third kappa shape index (κ3) is 3.05. The molecular weight excluding hydrogens is 300 g/mol. The van der Waals surface area contributed by atoms with Gasteiger partial charge in [0.2, 0.25) is 0 Å². The van der Waals surface area contributed by atoms with Gasteiger partial charge in [0.15, 0.2) is 0 Å². The van der Waals surface area contributed by atoms with Gasteiger partial charge >= 0.3 is 0 Å². The summed E-state index contributed by atoms with van der Waals surface area (Å²) in [5.41, 5.74) is 6.29. The molecule has 1 heterocycles. The van der Waals surface area contributed by atoms with Gasteiger partial charge in [0.05, 0.1) is 16.9 Å². The Hall–Kier alpha value is -1.73. The van der Waals surface area contributed by atoms with E-state index in [1.807, 2.05) is 13.8 Å². The number of aromatic nitrogens is 2. The number of anilines is 2. The summed E-state index contributed by atoms with van der Waals surface area (Å²) in [4.78, 5) is -0.0588. The second kappa shape index (κ2) is 5.34. The van der Waals surface area contributed by atoms with Crippen molar-refractivity contribution in [1.29, 1.82) is 0 Å². The van der Waals surface area contributed by atoms with E-state index in [0.29, 0.717) is 11.4 Å². The van der Waals surface area contributed by atoms with Gasteiger partial charge in [0.1, 0.15) is 4.90 Å². The number of rotatable bonds is 4. The third-order valence-electron chi connectivity index (χ3n) is 2.63. The predicted molar refractivity (Wildman–Crippen MR) is 79.3 cm³/mol. The average molecular weight is 315 g/mol. The van der Waals surface area contributed by atoms with Gasteiger partial charge in [0, 0.05) is 17.9 Å². The first-order chi connectivity index (χ1) is 9.29. The topological polar surface area (TPSA) is 90.0 Å². The lowest BCUT2D eigenvalue weighted by Gasteiger charge is -2.08. The zero-order valence-electron chi connectivity index (χ0n) is 11.0. The molecule has 0 aliphatic carbocycles. The van der Waals surface area contributed by atoms with E-state index in [9.17, 15) is 8.42 Å². The van der Waals surface area contributed by atoms with E-state index in [4.69, 9.17) is 17.3 Å². The zero-order valence-corrected chi connectivity index (χ0v) is 12.6. The highest BCUT2D eigenvalue weighted by molar-refractivity contribution is 7.92. The highest BCUT2D eigenvalue weighted by Crippen LogP contribution is 2.25. The van der Waals surface area contributed by atoms with Crippen molar-refractivity contribution in [2.75, 3.05) is 10.5 Å². The number of hydrogen-bond acceptors (Lipinski definition) is 4. The van der Waals surface area contributed by atoms with E-state index in [0.717, 1.165) is 0 Å². The summed E-state index contributed by atoms with van der Waals surface area (Å²) >= 11 is 5.91. The number of nitrogen functional groups attached to an aromatic ring is 1. The van der Waals surface area contributed by atoms with E-state index in [1.54, 1.807) is 10.9 Å². The molecule has 6 nitrogen and oxygen atoms in total. The Morgan fingerprint density at radius 2 is 2.10 bits per heavy atom. The minimum Gasteiger partial charge on any atom is -0.399 e. The van der Waals surface area contributed by atoms with Gasteiger partial charge in [-0.15, -0.1) is 0 Å². The van der Waals surface area contributed by atoms with Crippen LogP contribution in [-0.2, 0) is 10.0 Å². The molecule has 1 aromatic carbocycles. The summed E-state index contributed by atoms with van der Waals surface area (Å²) in [7, 11) is -3.79. The molecule has 0 spiro atoms. The summed E-state index contributed by atoms with van der Waals surface area (Å²) in [6, 6.07) is 4.45. The molecular formula is C12H15ClN4O2S. The zero-order chi connectivity index (χ0) is 14.9. The van der Waals surface area contributed by atoms with Crippen LogP contribution >= 0.6 is 11.6 Å². The summed E-state index contributed by atoms with van der Waals surface area (Å²) in [5.74, 6) is 0. The maximum Gasteiger partial charge on any atom is 0.263 e. The fourth-order valence-electron chi connectivity index (χ4n) is 1.61. The van der Waals surface area contributed by atoms with E-state index < -0.39 is 10.0 Å². The van der Waals surface area contributed by atoms with Gasteiger partial charge in [0.25, 0.3) is 10.0 Å². The van der Waals surface area contributed by atoms with Crippen molar-refractivity contribution in [1.82, 2.24) is 9.78 Å². The first kappa shape index (κ1) is 14.7. The quantitative estimate of drug-likeness (QED) is 0.848. The fraction of sp³-hybridized carbons (Fsp3) is 0.250. The molecule has 0 radical (unpaired) electrons. The minimum atomic E-state index is -3.79. The monoisotopic (exact) mass is 314 g/mol. The molecule has 0 unspecified atom stereocenters. The lowest BCUT2D eigenvalue weighted by atomic mass is 10.3. The van der Waals surface area contributed by atoms with Crippen molar-refractivity contribution in [3.8, 4) is 0 Å². The van der Waals surface area contributed by atoms with Crippen LogP contribution in [0.2, 0.25) is 5.02 Å². The molecule has 108 valence electrons. The van der Waals surface area contributed by atoms with Crippen LogP contribution in [0.5, 0.6) is 0 Å². The van der Waals surface area contributed by atoms with Gasteiger partial charge in [-0.2, -0.15) is 5.10 Å². The molecule has 0 bridgehead atoms. The van der Waals surface area contributed by atoms with Gasteiger partial charge in [-0.05, 0) is 32.0 Å². The highest BCUT2D eigenvalue weighted by atomic mass is 35.5. The molecule has 0 aliphatic heterocycles. The standard InChI is InChI=1S/C12H15ClN4O2S/c1-8(2)17-7-10(6-15-17)16-20(18,19)12-5-9(14)3-4-11(12)13/h3-8,16H,14H2,1-2H3. The molecule has 0 atom stereocenters. The molecule has 2 rings (SSSR count). The van der Waals surface area contributed by atoms with Crippen molar-refractivity contribution in [2.45, 2.75) is 24.8 Å². The SMILES string of the molecule is CC(C)n1cc(NS(=O)(=O)c2cc(N)ccc2Cl)cn1. The Kier molecular flexibility index (Phi) is 3.92. The molecule has 0 amide bonds. The van der Waals surface area contributed by atoms with Crippen molar-refractivity contribution < 1.29 is 8.42 Å². The number of halogens is 1. The van der Waals surface area contributed by atoms with Gasteiger partial charge < -0.3 is 5.73 Å². The number of sulfonamides is 1. The van der Waals surface area contributed by atoms with Crippen molar-refractivity contribution >= 4 is 33.0 Å². The van der Waals surface area contributed by atoms with E-state index in [2.05, 4.69) is 9.82 Å². The summed E-state index contributed by atoms with van der Waals surface area (Å²) in [6.07, 6.45) is 3.06. The smallest absolute Gasteiger partial charge is 0.263 e. The van der Waals surface area contributed by atoms with Crippen molar-refractivity contribution in [2.24, 2.45) is 0 Å². The van der Waals surface area contributed by atoms with Crippen LogP contribution in [0.25, 0.3) is 0 Å². The van der Waals surface area contributed by atoms with Crippen LogP contribution in [0.3, 0.4) is 0 Å². The van der Waals surface area contributed by atoms with Crippen LogP contribution in [0, 0.1) is 0 Å². The number of hydrogen-bond donors (Lipinski definition) is 2. The Balaban J connectivity index is 2.33. The summed E-state index contributed by atoms with van der Waals surface area (Å²) < 4.78 is 28.6. The Morgan fingerprint density at radius 1 is 1.40 bits per heavy atom. The maximum absolute atomic E-state index is 12.3. The fourth-order valence-corrected chi connectivity index (χ4v) is 3.17. The van der Waals surface area contributed by atoms with Crippen LogP contribution in [0.4, 0.5) is 11.4 Å². The second-order valence-corrected chi connectivity index (χ2v) is 6.66. The lowest BCUT2D eigenvalue weighted by Crippen LogP contribution is -2.13. The molecule has 20 heavy (non-hydrogen) atoms. The highest BCUT2D eigenvalue weighted by Gasteiger charge is 2.19. The largest absolute Gasteiger partial charge is 0.399 e. The molecule has 2 aromatic rings. The Labute approximate surface area is 122 Å². The molecule has 0 aliphatic rings. The Morgan fingerprint density at radius 3 is 2.70 bits per heavy atom. The van der Waals surface area contributed by atoms with Gasteiger partial charge in [-0.1, -0.05) is 11.6 Å². The molecule has 8 heteroatoms. The molecule has 3 N–H and O–H groups in total. The van der Waals surface area contributed by atoms with Crippen LogP contribution in [0.1, 0.15) is 19.9 Å². The Bertz CT molecular complexity index is 725. The number of nitrogens with one attached hydrogen (secondary N) is 1. The minimum absolute atomic E-state index is 0.0588. The maximum atomic E-state index is 12.3. The number of nitrogens with zero attached hydrogens (tertiary/aromatic N) is 2. The summed E-state index contributed by atoms with van der Waals surface area (Å²) in [6.45, 7) is 3.89. The molecule has 1 aromatic heterocycles. The molecule has 0 fully saturated rings. The molecule has 0 saturated heterocycles. The van der Waals surface area contributed by atoms with E-state index >= 15 is 0 Å². The second-order valence-electron chi connectivity index (χ2n) is 4.60. The normalized spacial score (nSPS) is 11.8. The first-order valence-electron chi connectivity index (χ1n) is 5.91. The molecule has 0 saturated carbocycles. The van der Waals surface area contributed by atoms with Crippen LogP contribution in [-0.4, -0.2) is 18.2 Å². The van der Waals surface area contributed by atoms with E-state index in [1.165, 1.54) is 24.4 Å². The number of benzene rings is 1. The van der Waals surface area contributed by atoms with Crippen molar-refractivity contribution in [3.63, 3.8) is 0 Å². The average Bonchev–Trinajstić information content (AvgIpc) is 2.80. The number of nitrogens with two attached hydrogens (primary N) is 1. The van der Waals surface area contributed by atoms with Crippen LogP contribution in [0.15, 0.2) is 35.5 Å². The first-order valence-corrected chi connectivity index (χ1v) is 7.78. The van der Waals surface area contributed by atoms with E-state index in [-0.39, 0.29) is 16.0 Å².